The first kappa shape index (κ1) is 18.6. The van der Waals surface area contributed by atoms with Crippen LogP contribution in [0.15, 0.2) is 48.5 Å². The van der Waals surface area contributed by atoms with E-state index in [9.17, 15) is 23.5 Å². The van der Waals surface area contributed by atoms with E-state index in [1.54, 1.807) is 12.1 Å². The van der Waals surface area contributed by atoms with E-state index in [0.717, 1.165) is 5.56 Å². The smallest absolute Gasteiger partial charge is 0.312 e. The fourth-order valence-electron chi connectivity index (χ4n) is 2.52. The number of halogens is 2. The molecular weight excluding hydrogens is 328 g/mol. The number of rotatable bonds is 7. The monoisotopic (exact) mass is 347 g/mol. The summed E-state index contributed by atoms with van der Waals surface area (Å²) in [5, 5.41) is 11.9. The van der Waals surface area contributed by atoms with Gasteiger partial charge >= 0.3 is 5.97 Å². The van der Waals surface area contributed by atoms with Crippen molar-refractivity contribution in [3.63, 3.8) is 0 Å². The Balaban J connectivity index is 1.93. The van der Waals surface area contributed by atoms with Crippen LogP contribution in [0.4, 0.5) is 8.78 Å². The minimum atomic E-state index is -1.10. The Labute approximate surface area is 144 Å². The summed E-state index contributed by atoms with van der Waals surface area (Å²) in [4.78, 5) is 23.5. The molecular formula is C19H19F2NO3. The second kappa shape index (κ2) is 8.37. The van der Waals surface area contributed by atoms with Crippen molar-refractivity contribution in [2.45, 2.75) is 25.2 Å². The number of hydrogen-bond donors (Lipinski definition) is 2. The van der Waals surface area contributed by atoms with Gasteiger partial charge in [-0.05, 0) is 41.3 Å². The fourth-order valence-corrected chi connectivity index (χ4v) is 2.52. The standard InChI is InChI=1S/C19H19F2NO3/c1-12(13-2-6-15(20)7-3-13)10-18(23)22-11-17(19(24)25)14-4-8-16(21)9-5-14/h2-9,12,17H,10-11H2,1H3,(H,22,23)(H,24,25). The van der Waals surface area contributed by atoms with E-state index in [1.165, 1.54) is 36.4 Å². The highest BCUT2D eigenvalue weighted by Gasteiger charge is 2.21. The predicted octanol–water partition coefficient (Wildman–Crippen LogP) is 3.44. The van der Waals surface area contributed by atoms with Crippen molar-refractivity contribution in [3.05, 3.63) is 71.3 Å². The lowest BCUT2D eigenvalue weighted by atomic mass is 9.96. The third-order valence-electron chi connectivity index (χ3n) is 4.00. The van der Waals surface area contributed by atoms with Crippen molar-refractivity contribution >= 4 is 11.9 Å². The topological polar surface area (TPSA) is 66.4 Å². The summed E-state index contributed by atoms with van der Waals surface area (Å²) >= 11 is 0. The SMILES string of the molecule is CC(CC(=O)NCC(C(=O)O)c1ccc(F)cc1)c1ccc(F)cc1. The number of nitrogens with one attached hydrogen (secondary N) is 1. The summed E-state index contributed by atoms with van der Waals surface area (Å²) in [6, 6.07) is 11.0. The normalized spacial score (nSPS) is 13.1. The molecule has 2 N–H and O–H groups in total. The molecule has 6 heteroatoms. The first-order valence-corrected chi connectivity index (χ1v) is 7.87. The van der Waals surface area contributed by atoms with Gasteiger partial charge in [0.25, 0.3) is 0 Å². The highest BCUT2D eigenvalue weighted by Crippen LogP contribution is 2.20. The Kier molecular flexibility index (Phi) is 6.22. The Morgan fingerprint density at radius 3 is 1.92 bits per heavy atom. The van der Waals surface area contributed by atoms with Crippen LogP contribution in [-0.4, -0.2) is 23.5 Å². The van der Waals surface area contributed by atoms with E-state index in [4.69, 9.17) is 0 Å². The lowest BCUT2D eigenvalue weighted by molar-refractivity contribution is -0.138. The van der Waals surface area contributed by atoms with Crippen molar-refractivity contribution in [1.82, 2.24) is 5.32 Å². The second-order valence-electron chi connectivity index (χ2n) is 5.90. The Morgan fingerprint density at radius 1 is 0.960 bits per heavy atom. The van der Waals surface area contributed by atoms with E-state index in [1.807, 2.05) is 6.92 Å². The van der Waals surface area contributed by atoms with E-state index in [2.05, 4.69) is 5.32 Å². The number of hydrogen-bond acceptors (Lipinski definition) is 2. The van der Waals surface area contributed by atoms with Gasteiger partial charge in [0, 0.05) is 13.0 Å². The molecule has 2 aromatic rings. The van der Waals surface area contributed by atoms with Gasteiger partial charge < -0.3 is 10.4 Å². The molecule has 2 aromatic carbocycles. The molecule has 0 radical (unpaired) electrons. The number of benzene rings is 2. The molecule has 1 amide bonds. The van der Waals surface area contributed by atoms with Gasteiger partial charge in [-0.3, -0.25) is 9.59 Å². The van der Waals surface area contributed by atoms with E-state index in [-0.39, 0.29) is 30.6 Å². The van der Waals surface area contributed by atoms with Crippen LogP contribution in [-0.2, 0) is 9.59 Å². The molecule has 0 aliphatic rings. The molecule has 0 saturated heterocycles. The zero-order valence-corrected chi connectivity index (χ0v) is 13.7. The minimum Gasteiger partial charge on any atom is -0.481 e. The number of aliphatic carboxylic acids is 1. The van der Waals surface area contributed by atoms with Gasteiger partial charge in [0.15, 0.2) is 0 Å². The molecule has 25 heavy (non-hydrogen) atoms. The summed E-state index contributed by atoms with van der Waals surface area (Å²) in [6.07, 6.45) is 0.154. The van der Waals surface area contributed by atoms with E-state index >= 15 is 0 Å². The number of amides is 1. The molecule has 2 atom stereocenters. The zero-order valence-electron chi connectivity index (χ0n) is 13.7. The third-order valence-corrected chi connectivity index (χ3v) is 4.00. The lowest BCUT2D eigenvalue weighted by Crippen LogP contribution is -2.32. The maximum Gasteiger partial charge on any atom is 0.312 e. The van der Waals surface area contributed by atoms with Crippen molar-refractivity contribution in [2.24, 2.45) is 0 Å². The van der Waals surface area contributed by atoms with Crippen LogP contribution < -0.4 is 5.32 Å². The molecule has 2 unspecified atom stereocenters. The average Bonchev–Trinajstić information content (AvgIpc) is 2.57. The summed E-state index contributed by atoms with van der Waals surface area (Å²) in [6.45, 7) is 1.75. The molecule has 0 spiro atoms. The first-order chi connectivity index (χ1) is 11.9. The van der Waals surface area contributed by atoms with Gasteiger partial charge in [0.2, 0.25) is 5.91 Å². The quantitative estimate of drug-likeness (QED) is 0.806. The molecule has 0 fully saturated rings. The predicted molar refractivity (Wildman–Crippen MR) is 89.2 cm³/mol. The molecule has 0 heterocycles. The van der Waals surface area contributed by atoms with E-state index in [0.29, 0.717) is 5.56 Å². The largest absolute Gasteiger partial charge is 0.481 e. The maximum atomic E-state index is 13.0. The summed E-state index contributed by atoms with van der Waals surface area (Å²) in [7, 11) is 0. The molecule has 2 rings (SSSR count). The zero-order chi connectivity index (χ0) is 18.4. The fraction of sp³-hybridized carbons (Fsp3) is 0.263. The highest BCUT2D eigenvalue weighted by atomic mass is 19.1. The lowest BCUT2D eigenvalue weighted by Gasteiger charge is -2.16. The summed E-state index contributed by atoms with van der Waals surface area (Å²) in [5.41, 5.74) is 1.24. The highest BCUT2D eigenvalue weighted by molar-refractivity contribution is 5.80. The first-order valence-electron chi connectivity index (χ1n) is 7.87. The van der Waals surface area contributed by atoms with Gasteiger partial charge in [-0.2, -0.15) is 0 Å². The van der Waals surface area contributed by atoms with Crippen LogP contribution in [0, 0.1) is 11.6 Å². The van der Waals surface area contributed by atoms with Crippen LogP contribution in [0.1, 0.15) is 36.3 Å². The Hall–Kier alpha value is -2.76. The van der Waals surface area contributed by atoms with Crippen molar-refractivity contribution in [1.29, 1.82) is 0 Å². The number of carbonyl (C=O) groups excluding carboxylic acids is 1. The molecule has 0 aromatic heterocycles. The summed E-state index contributed by atoms with van der Waals surface area (Å²) < 4.78 is 25.9. The molecule has 0 aliphatic carbocycles. The molecule has 0 bridgehead atoms. The number of carboxylic acids is 1. The van der Waals surface area contributed by atoms with E-state index < -0.39 is 17.7 Å². The van der Waals surface area contributed by atoms with Gasteiger partial charge in [-0.25, -0.2) is 8.78 Å². The van der Waals surface area contributed by atoms with Crippen molar-refractivity contribution < 1.29 is 23.5 Å². The van der Waals surface area contributed by atoms with Gasteiger partial charge in [-0.15, -0.1) is 0 Å². The number of carboxylic acid groups (broad SMARTS) is 1. The van der Waals surface area contributed by atoms with Crippen LogP contribution in [0.2, 0.25) is 0 Å². The third kappa shape index (κ3) is 5.38. The van der Waals surface area contributed by atoms with Crippen LogP contribution in [0.5, 0.6) is 0 Å². The second-order valence-corrected chi connectivity index (χ2v) is 5.90. The van der Waals surface area contributed by atoms with Crippen molar-refractivity contribution in [2.75, 3.05) is 6.54 Å². The molecule has 0 saturated carbocycles. The number of carbonyl (C=O) groups is 2. The van der Waals surface area contributed by atoms with Crippen LogP contribution >= 0.6 is 0 Å². The Morgan fingerprint density at radius 2 is 1.44 bits per heavy atom. The summed E-state index contributed by atoms with van der Waals surface area (Å²) in [5.74, 6) is -3.28. The maximum absolute atomic E-state index is 13.0. The minimum absolute atomic E-state index is 0.0874. The van der Waals surface area contributed by atoms with Crippen LogP contribution in [0.3, 0.4) is 0 Å². The molecule has 4 nitrogen and oxygen atoms in total. The van der Waals surface area contributed by atoms with Crippen LogP contribution in [0.25, 0.3) is 0 Å². The Bertz CT molecular complexity index is 729. The van der Waals surface area contributed by atoms with Gasteiger partial charge in [0.05, 0.1) is 5.92 Å². The average molecular weight is 347 g/mol. The molecule has 132 valence electrons. The van der Waals surface area contributed by atoms with Crippen molar-refractivity contribution in [3.8, 4) is 0 Å². The van der Waals surface area contributed by atoms with Gasteiger partial charge in [-0.1, -0.05) is 31.2 Å². The molecule has 0 aliphatic heterocycles. The van der Waals surface area contributed by atoms with Gasteiger partial charge in [0.1, 0.15) is 11.6 Å².